The lowest BCUT2D eigenvalue weighted by Crippen LogP contribution is -2.01. The van der Waals surface area contributed by atoms with Crippen molar-refractivity contribution in [2.24, 2.45) is 4.99 Å². The maximum Gasteiger partial charge on any atom is 0.221 e. The fourth-order valence-corrected chi connectivity index (χ4v) is 2.02. The van der Waals surface area contributed by atoms with Crippen LogP contribution in [0.2, 0.25) is 0 Å². The lowest BCUT2D eigenvalue weighted by Gasteiger charge is -1.96. The first-order valence-electron chi connectivity index (χ1n) is 3.27. The Bertz CT molecular complexity index is 398. The Hall–Kier alpha value is -0.480. The molecule has 1 aromatic carbocycles. The van der Waals surface area contributed by atoms with Crippen LogP contribution in [0.25, 0.3) is 0 Å². The van der Waals surface area contributed by atoms with Crippen LogP contribution >= 0.6 is 31.9 Å². The lowest BCUT2D eigenvalue weighted by molar-refractivity contribution is 0.107. The number of nitrogens with zero attached hydrogens (tertiary/aromatic N) is 1. The fourth-order valence-electron chi connectivity index (χ4n) is 1.09. The molecule has 0 saturated heterocycles. The van der Waals surface area contributed by atoms with Crippen molar-refractivity contribution in [3.8, 4) is 0 Å². The summed E-state index contributed by atoms with van der Waals surface area (Å²) in [6, 6.07) is 5.50. The number of aliphatic imine (C=N–C) groups is 1. The number of hydrogen-bond donors (Lipinski definition) is 0. The van der Waals surface area contributed by atoms with Gasteiger partial charge in [-0.2, -0.15) is 0 Å². The average Bonchev–Trinajstić information content (AvgIpc) is 2.29. The van der Waals surface area contributed by atoms with Crippen LogP contribution in [0.15, 0.2) is 27.7 Å². The zero-order valence-electron chi connectivity index (χ0n) is 5.84. The first kappa shape index (κ1) is 8.13. The molecule has 0 unspecified atom stereocenters. The van der Waals surface area contributed by atoms with Crippen molar-refractivity contribution < 1.29 is 4.79 Å². The molecule has 0 bridgehead atoms. The van der Waals surface area contributed by atoms with Gasteiger partial charge in [-0.1, -0.05) is 6.07 Å². The van der Waals surface area contributed by atoms with Crippen molar-refractivity contribution in [1.82, 2.24) is 0 Å². The molecule has 0 aliphatic carbocycles. The van der Waals surface area contributed by atoms with Gasteiger partial charge in [0, 0.05) is 4.47 Å². The van der Waals surface area contributed by atoms with E-state index in [-0.39, 0.29) is 5.78 Å². The molecule has 4 heteroatoms. The largest absolute Gasteiger partial charge is 0.286 e. The van der Waals surface area contributed by atoms with Gasteiger partial charge in [0.2, 0.25) is 5.78 Å². The van der Waals surface area contributed by atoms with Gasteiger partial charge in [0.1, 0.15) is 0 Å². The van der Waals surface area contributed by atoms with Crippen LogP contribution in [0.4, 0.5) is 5.69 Å². The molecule has 60 valence electrons. The number of hydrogen-bond acceptors (Lipinski definition) is 2. The molecule has 0 atom stereocenters. The highest BCUT2D eigenvalue weighted by Gasteiger charge is 2.24. The maximum atomic E-state index is 11.4. The van der Waals surface area contributed by atoms with Crippen LogP contribution in [0.5, 0.6) is 0 Å². The zero-order chi connectivity index (χ0) is 8.72. The standard InChI is InChI=1S/C8H3Br2NO/c9-4-2-1-3-5-6(4)7(12)8(10)11-5/h1-3H. The molecule has 0 saturated carbocycles. The molecule has 1 heterocycles. The Morgan fingerprint density at radius 2 is 2.00 bits per heavy atom. The van der Waals surface area contributed by atoms with Gasteiger partial charge in [0.15, 0.2) is 4.62 Å². The molecule has 0 amide bonds. The van der Waals surface area contributed by atoms with Crippen molar-refractivity contribution in [3.63, 3.8) is 0 Å². The van der Waals surface area contributed by atoms with E-state index in [0.29, 0.717) is 10.2 Å². The third kappa shape index (κ3) is 1.06. The molecule has 2 nitrogen and oxygen atoms in total. The Morgan fingerprint density at radius 3 is 2.67 bits per heavy atom. The number of rotatable bonds is 0. The molecule has 1 aliphatic rings. The molecule has 1 aliphatic heterocycles. The van der Waals surface area contributed by atoms with Crippen molar-refractivity contribution in [1.29, 1.82) is 0 Å². The predicted molar refractivity (Wildman–Crippen MR) is 54.5 cm³/mol. The van der Waals surface area contributed by atoms with Gasteiger partial charge >= 0.3 is 0 Å². The second kappa shape index (κ2) is 2.78. The first-order valence-corrected chi connectivity index (χ1v) is 4.86. The number of halogens is 2. The number of carbonyl (C=O) groups is 1. The minimum atomic E-state index is -0.0579. The van der Waals surface area contributed by atoms with Gasteiger partial charge in [-0.05, 0) is 44.0 Å². The van der Waals surface area contributed by atoms with E-state index in [1.807, 2.05) is 18.2 Å². The third-order valence-electron chi connectivity index (χ3n) is 1.62. The van der Waals surface area contributed by atoms with Crippen LogP contribution in [-0.2, 0) is 0 Å². The zero-order valence-corrected chi connectivity index (χ0v) is 9.02. The summed E-state index contributed by atoms with van der Waals surface area (Å²) in [4.78, 5) is 15.5. The van der Waals surface area contributed by atoms with Gasteiger partial charge in [-0.15, -0.1) is 0 Å². The van der Waals surface area contributed by atoms with Crippen molar-refractivity contribution in [2.75, 3.05) is 0 Å². The number of ketones is 1. The number of benzene rings is 1. The normalized spacial score (nSPS) is 14.5. The summed E-state index contributed by atoms with van der Waals surface area (Å²) in [6.07, 6.45) is 0. The summed E-state index contributed by atoms with van der Waals surface area (Å²) in [7, 11) is 0. The van der Waals surface area contributed by atoms with E-state index in [0.717, 1.165) is 10.2 Å². The molecule has 2 rings (SSSR count). The van der Waals surface area contributed by atoms with E-state index in [1.54, 1.807) is 0 Å². The molecule has 0 fully saturated rings. The van der Waals surface area contributed by atoms with Gasteiger partial charge in [-0.25, -0.2) is 4.99 Å². The maximum absolute atomic E-state index is 11.4. The van der Waals surface area contributed by atoms with Crippen molar-refractivity contribution >= 4 is 48.0 Å². The quantitative estimate of drug-likeness (QED) is 0.721. The third-order valence-corrected chi connectivity index (χ3v) is 2.82. The summed E-state index contributed by atoms with van der Waals surface area (Å²) in [6.45, 7) is 0. The Kier molecular flexibility index (Phi) is 1.88. The molecular weight excluding hydrogens is 286 g/mol. The van der Waals surface area contributed by atoms with E-state index in [1.165, 1.54) is 0 Å². The first-order chi connectivity index (χ1) is 5.70. The monoisotopic (exact) mass is 287 g/mol. The van der Waals surface area contributed by atoms with E-state index in [2.05, 4.69) is 36.9 Å². The minimum absolute atomic E-state index is 0.0579. The summed E-state index contributed by atoms with van der Waals surface area (Å²) >= 11 is 6.40. The van der Waals surface area contributed by atoms with E-state index in [9.17, 15) is 4.79 Å². The predicted octanol–water partition coefficient (Wildman–Crippen LogP) is 3.07. The van der Waals surface area contributed by atoms with Gasteiger partial charge < -0.3 is 0 Å². The number of carbonyl (C=O) groups excluding carboxylic acids is 1. The van der Waals surface area contributed by atoms with Crippen molar-refractivity contribution in [2.45, 2.75) is 0 Å². The van der Waals surface area contributed by atoms with Gasteiger partial charge in [-0.3, -0.25) is 4.79 Å². The van der Waals surface area contributed by atoms with E-state index in [4.69, 9.17) is 0 Å². The second-order valence-electron chi connectivity index (χ2n) is 2.37. The highest BCUT2D eigenvalue weighted by molar-refractivity contribution is 9.19. The minimum Gasteiger partial charge on any atom is -0.286 e. The molecule has 1 aromatic rings. The molecule has 0 N–H and O–H groups in total. The summed E-state index contributed by atoms with van der Waals surface area (Å²) in [5.41, 5.74) is 1.37. The topological polar surface area (TPSA) is 29.4 Å². The molecule has 0 radical (unpaired) electrons. The molecule has 12 heavy (non-hydrogen) atoms. The van der Waals surface area contributed by atoms with Crippen molar-refractivity contribution in [3.05, 3.63) is 28.2 Å². The fraction of sp³-hybridized carbons (Fsp3) is 0. The second-order valence-corrected chi connectivity index (χ2v) is 3.97. The molecule has 0 spiro atoms. The Balaban J connectivity index is 2.72. The SMILES string of the molecule is O=C1C(Br)=Nc2cccc(Br)c21. The number of Topliss-reactive ketones (excluding diaryl/α,β-unsaturated/α-hetero) is 1. The highest BCUT2D eigenvalue weighted by atomic mass is 79.9. The lowest BCUT2D eigenvalue weighted by atomic mass is 10.1. The Labute approximate surface area is 85.9 Å². The van der Waals surface area contributed by atoms with Gasteiger partial charge in [0.05, 0.1) is 11.3 Å². The van der Waals surface area contributed by atoms with Crippen LogP contribution in [0, 0.1) is 0 Å². The summed E-state index contributed by atoms with van der Waals surface area (Å²) in [5.74, 6) is -0.0579. The highest BCUT2D eigenvalue weighted by Crippen LogP contribution is 2.33. The molecule has 0 aromatic heterocycles. The van der Waals surface area contributed by atoms with Crippen LogP contribution in [-0.4, -0.2) is 10.4 Å². The van der Waals surface area contributed by atoms with Crippen LogP contribution in [0.1, 0.15) is 10.4 Å². The van der Waals surface area contributed by atoms with E-state index >= 15 is 0 Å². The summed E-state index contributed by atoms with van der Waals surface area (Å²) in [5, 5.41) is 0. The van der Waals surface area contributed by atoms with E-state index < -0.39 is 0 Å². The summed E-state index contributed by atoms with van der Waals surface area (Å²) < 4.78 is 1.17. The number of fused-ring (bicyclic) bond motifs is 1. The van der Waals surface area contributed by atoms with Crippen LogP contribution in [0.3, 0.4) is 0 Å². The molecular formula is C8H3Br2NO. The smallest absolute Gasteiger partial charge is 0.221 e. The van der Waals surface area contributed by atoms with Gasteiger partial charge in [0.25, 0.3) is 0 Å². The average molecular weight is 289 g/mol. The van der Waals surface area contributed by atoms with Crippen LogP contribution < -0.4 is 0 Å². The Morgan fingerprint density at radius 1 is 1.25 bits per heavy atom.